The van der Waals surface area contributed by atoms with E-state index in [4.69, 9.17) is 0 Å². The maximum Gasteiger partial charge on any atom is 0.241 e. The second kappa shape index (κ2) is 8.00. The first-order chi connectivity index (χ1) is 14.3. The Morgan fingerprint density at radius 1 is 1.20 bits per heavy atom. The average molecular weight is 426 g/mol. The zero-order chi connectivity index (χ0) is 21.3. The summed E-state index contributed by atoms with van der Waals surface area (Å²) in [6.07, 6.45) is 1.53. The van der Waals surface area contributed by atoms with Gasteiger partial charge in [0.25, 0.3) is 0 Å². The largest absolute Gasteiger partial charge is 0.312 e. The molecule has 156 valence electrons. The van der Waals surface area contributed by atoms with Crippen molar-refractivity contribution in [3.8, 4) is 0 Å². The SMILES string of the molecule is CC(=O)N1CCCc2cc(S(=O)(=O)NC(c3ccccc3)c3n[nH]c(C)n3)ccc21. The van der Waals surface area contributed by atoms with Gasteiger partial charge in [0, 0.05) is 19.2 Å². The van der Waals surface area contributed by atoms with Crippen LogP contribution in [0, 0.1) is 6.92 Å². The summed E-state index contributed by atoms with van der Waals surface area (Å²) in [5.74, 6) is 0.903. The molecule has 4 rings (SSSR count). The molecule has 2 aromatic carbocycles. The van der Waals surface area contributed by atoms with Crippen LogP contribution in [0.15, 0.2) is 53.4 Å². The van der Waals surface area contributed by atoms with Gasteiger partial charge in [0.2, 0.25) is 15.9 Å². The molecule has 1 aromatic heterocycles. The number of fused-ring (bicyclic) bond motifs is 1. The van der Waals surface area contributed by atoms with Crippen LogP contribution in [0.3, 0.4) is 0 Å². The Bertz CT molecular complexity index is 1170. The van der Waals surface area contributed by atoms with Crippen LogP contribution < -0.4 is 9.62 Å². The van der Waals surface area contributed by atoms with Gasteiger partial charge in [-0.1, -0.05) is 30.3 Å². The third kappa shape index (κ3) is 3.99. The van der Waals surface area contributed by atoms with E-state index in [0.29, 0.717) is 18.2 Å². The molecule has 0 saturated carbocycles. The molecule has 0 bridgehead atoms. The molecule has 0 spiro atoms. The van der Waals surface area contributed by atoms with E-state index >= 15 is 0 Å². The zero-order valence-corrected chi connectivity index (χ0v) is 17.6. The molecule has 1 aliphatic rings. The number of anilines is 1. The van der Waals surface area contributed by atoms with Crippen molar-refractivity contribution in [2.75, 3.05) is 11.4 Å². The average Bonchev–Trinajstić information content (AvgIpc) is 3.17. The van der Waals surface area contributed by atoms with Gasteiger partial charge in [0.1, 0.15) is 11.9 Å². The molecule has 30 heavy (non-hydrogen) atoms. The molecular weight excluding hydrogens is 402 g/mol. The van der Waals surface area contributed by atoms with E-state index in [9.17, 15) is 13.2 Å². The Hall–Kier alpha value is -3.04. The molecule has 9 heteroatoms. The van der Waals surface area contributed by atoms with Crippen LogP contribution in [0.2, 0.25) is 0 Å². The van der Waals surface area contributed by atoms with Crippen LogP contribution in [0.25, 0.3) is 0 Å². The first kappa shape index (κ1) is 20.2. The number of carbonyl (C=O) groups excluding carboxylic acids is 1. The number of nitrogens with zero attached hydrogens (tertiary/aromatic N) is 3. The van der Waals surface area contributed by atoms with Crippen molar-refractivity contribution in [3.05, 3.63) is 71.3 Å². The Morgan fingerprint density at radius 3 is 2.63 bits per heavy atom. The van der Waals surface area contributed by atoms with E-state index < -0.39 is 16.1 Å². The van der Waals surface area contributed by atoms with Crippen molar-refractivity contribution in [3.63, 3.8) is 0 Å². The first-order valence-corrected chi connectivity index (χ1v) is 11.2. The summed E-state index contributed by atoms with van der Waals surface area (Å²) in [5, 5.41) is 6.93. The number of hydrogen-bond donors (Lipinski definition) is 2. The minimum absolute atomic E-state index is 0.0474. The summed E-state index contributed by atoms with van der Waals surface area (Å²) in [7, 11) is -3.87. The number of H-pyrrole nitrogens is 1. The van der Waals surface area contributed by atoms with Gasteiger partial charge in [-0.25, -0.2) is 13.4 Å². The van der Waals surface area contributed by atoms with E-state index in [0.717, 1.165) is 29.7 Å². The fourth-order valence-corrected chi connectivity index (χ4v) is 4.93. The van der Waals surface area contributed by atoms with E-state index in [-0.39, 0.29) is 10.8 Å². The van der Waals surface area contributed by atoms with Crippen LogP contribution in [0.1, 0.15) is 42.2 Å². The van der Waals surface area contributed by atoms with Gasteiger partial charge in [0.05, 0.1) is 4.90 Å². The predicted molar refractivity (Wildman–Crippen MR) is 113 cm³/mol. The number of amides is 1. The van der Waals surface area contributed by atoms with Gasteiger partial charge in [-0.15, -0.1) is 0 Å². The van der Waals surface area contributed by atoms with E-state index in [1.54, 1.807) is 24.0 Å². The van der Waals surface area contributed by atoms with Gasteiger partial charge >= 0.3 is 0 Å². The van der Waals surface area contributed by atoms with E-state index in [2.05, 4.69) is 19.9 Å². The molecule has 2 N–H and O–H groups in total. The highest BCUT2D eigenvalue weighted by Crippen LogP contribution is 2.30. The van der Waals surface area contributed by atoms with Gasteiger partial charge in [-0.3, -0.25) is 9.89 Å². The lowest BCUT2D eigenvalue weighted by atomic mass is 10.0. The van der Waals surface area contributed by atoms with Crippen LogP contribution in [-0.4, -0.2) is 36.1 Å². The van der Waals surface area contributed by atoms with Crippen LogP contribution in [-0.2, 0) is 21.2 Å². The van der Waals surface area contributed by atoms with Crippen molar-refractivity contribution in [1.82, 2.24) is 19.9 Å². The summed E-state index contributed by atoms with van der Waals surface area (Å²) in [6, 6.07) is 13.4. The number of sulfonamides is 1. The third-order valence-electron chi connectivity index (χ3n) is 5.14. The standard InChI is InChI=1S/C21H23N5O3S/c1-14-22-21(24-23-14)20(16-7-4-3-5-8-16)25-30(28,29)18-10-11-19-17(13-18)9-6-12-26(19)15(2)27/h3-5,7-8,10-11,13,20,25H,6,9,12H2,1-2H3,(H,22,23,24). The molecular formula is C21H23N5O3S. The normalized spacial score (nSPS) is 14.9. The molecule has 0 saturated heterocycles. The summed E-state index contributed by atoms with van der Waals surface area (Å²) in [6.45, 7) is 3.93. The second-order valence-electron chi connectivity index (χ2n) is 7.31. The molecule has 0 aliphatic carbocycles. The van der Waals surface area contributed by atoms with Crippen LogP contribution in [0.5, 0.6) is 0 Å². The molecule has 8 nitrogen and oxygen atoms in total. The van der Waals surface area contributed by atoms with E-state index in [1.165, 1.54) is 13.0 Å². The highest BCUT2D eigenvalue weighted by Gasteiger charge is 2.28. The third-order valence-corrected chi connectivity index (χ3v) is 6.56. The first-order valence-electron chi connectivity index (χ1n) is 9.72. The van der Waals surface area contributed by atoms with Gasteiger partial charge < -0.3 is 4.90 Å². The highest BCUT2D eigenvalue weighted by molar-refractivity contribution is 7.89. The fraction of sp³-hybridized carbons (Fsp3) is 0.286. The number of benzene rings is 2. The Morgan fingerprint density at radius 2 is 1.97 bits per heavy atom. The van der Waals surface area contributed by atoms with E-state index in [1.807, 2.05) is 30.3 Å². The zero-order valence-electron chi connectivity index (χ0n) is 16.8. The number of aromatic nitrogens is 3. The van der Waals surface area contributed by atoms with Crippen molar-refractivity contribution in [1.29, 1.82) is 0 Å². The van der Waals surface area contributed by atoms with Gasteiger partial charge in [-0.2, -0.15) is 9.82 Å². The maximum absolute atomic E-state index is 13.2. The number of carbonyl (C=O) groups is 1. The summed E-state index contributed by atoms with van der Waals surface area (Å²) < 4.78 is 29.2. The Labute approximate surface area is 175 Å². The lowest BCUT2D eigenvalue weighted by molar-refractivity contribution is -0.116. The summed E-state index contributed by atoms with van der Waals surface area (Å²) in [5.41, 5.74) is 2.36. The lowest BCUT2D eigenvalue weighted by Gasteiger charge is -2.29. The lowest BCUT2D eigenvalue weighted by Crippen LogP contribution is -2.34. The number of aromatic amines is 1. The van der Waals surface area contributed by atoms with Crippen molar-refractivity contribution in [2.45, 2.75) is 37.6 Å². The maximum atomic E-state index is 13.2. The monoisotopic (exact) mass is 425 g/mol. The molecule has 1 aliphatic heterocycles. The Balaban J connectivity index is 1.69. The smallest absolute Gasteiger partial charge is 0.241 e. The van der Waals surface area contributed by atoms with Gasteiger partial charge in [0.15, 0.2) is 5.82 Å². The van der Waals surface area contributed by atoms with Crippen molar-refractivity contribution < 1.29 is 13.2 Å². The van der Waals surface area contributed by atoms with Crippen molar-refractivity contribution in [2.24, 2.45) is 0 Å². The fourth-order valence-electron chi connectivity index (χ4n) is 3.70. The molecule has 1 unspecified atom stereocenters. The van der Waals surface area contributed by atoms with Crippen molar-refractivity contribution >= 4 is 21.6 Å². The predicted octanol–water partition coefficient (Wildman–Crippen LogP) is 2.48. The summed E-state index contributed by atoms with van der Waals surface area (Å²) in [4.78, 5) is 18.0. The van der Waals surface area contributed by atoms with Crippen LogP contribution >= 0.6 is 0 Å². The minimum Gasteiger partial charge on any atom is -0.312 e. The number of nitrogens with one attached hydrogen (secondary N) is 2. The van der Waals surface area contributed by atoms with Crippen LogP contribution in [0.4, 0.5) is 5.69 Å². The number of rotatable bonds is 5. The highest BCUT2D eigenvalue weighted by atomic mass is 32.2. The molecule has 0 fully saturated rings. The topological polar surface area (TPSA) is 108 Å². The Kier molecular flexibility index (Phi) is 5.40. The second-order valence-corrected chi connectivity index (χ2v) is 9.02. The molecule has 1 amide bonds. The number of hydrogen-bond acceptors (Lipinski definition) is 5. The quantitative estimate of drug-likeness (QED) is 0.653. The summed E-state index contributed by atoms with van der Waals surface area (Å²) >= 11 is 0. The van der Waals surface area contributed by atoms with Gasteiger partial charge in [-0.05, 0) is 49.1 Å². The molecule has 0 radical (unpaired) electrons. The molecule has 1 atom stereocenters. The molecule has 2 heterocycles. The molecule has 3 aromatic rings. The minimum atomic E-state index is -3.87. The number of aryl methyl sites for hydroxylation is 2.